The Morgan fingerprint density at radius 1 is 1.25 bits per heavy atom. The second kappa shape index (κ2) is 6.48. The molecular weight excluding hydrogens is 340 g/mol. The highest BCUT2D eigenvalue weighted by Crippen LogP contribution is 2.34. The maximum atomic E-state index is 13.3. The summed E-state index contributed by atoms with van der Waals surface area (Å²) in [6.45, 7) is 0.965. The van der Waals surface area contributed by atoms with Crippen LogP contribution in [0.3, 0.4) is 0 Å². The number of rotatable bonds is 6. The molecule has 0 aliphatic carbocycles. The molecule has 0 atom stereocenters. The van der Waals surface area contributed by atoms with E-state index in [2.05, 4.69) is 20.3 Å². The lowest BCUT2D eigenvalue weighted by molar-refractivity contribution is 0.0215. The fourth-order valence-corrected chi connectivity index (χ4v) is 2.64. The molecule has 3 heterocycles. The van der Waals surface area contributed by atoms with E-state index in [4.69, 9.17) is 9.47 Å². The number of ether oxygens (including phenoxy) is 2. The SMILES string of the molecule is COc1cnc(OCc2cn(-c3ccc(C(C)(F)F)s3)nn2)nc1. The van der Waals surface area contributed by atoms with Crippen molar-refractivity contribution in [3.05, 3.63) is 41.3 Å². The zero-order chi connectivity index (χ0) is 17.2. The molecule has 0 aliphatic heterocycles. The number of alkyl halides is 2. The molecule has 24 heavy (non-hydrogen) atoms. The first-order chi connectivity index (χ1) is 11.5. The Labute approximate surface area is 139 Å². The Kier molecular flexibility index (Phi) is 4.38. The Balaban J connectivity index is 1.65. The molecule has 0 N–H and O–H groups in total. The van der Waals surface area contributed by atoms with Crippen molar-refractivity contribution in [2.75, 3.05) is 7.11 Å². The van der Waals surface area contributed by atoms with Gasteiger partial charge in [-0.15, -0.1) is 16.4 Å². The van der Waals surface area contributed by atoms with Crippen LogP contribution in [0.15, 0.2) is 30.7 Å². The number of hydrogen-bond donors (Lipinski definition) is 0. The molecule has 7 nitrogen and oxygen atoms in total. The van der Waals surface area contributed by atoms with E-state index in [9.17, 15) is 8.78 Å². The summed E-state index contributed by atoms with van der Waals surface area (Å²) in [5.41, 5.74) is 0.521. The molecule has 0 aromatic carbocycles. The van der Waals surface area contributed by atoms with Crippen molar-refractivity contribution in [1.29, 1.82) is 0 Å². The lowest BCUT2D eigenvalue weighted by Crippen LogP contribution is -2.03. The Hall–Kier alpha value is -2.62. The summed E-state index contributed by atoms with van der Waals surface area (Å²) in [5, 5.41) is 8.40. The molecule has 0 saturated carbocycles. The van der Waals surface area contributed by atoms with Gasteiger partial charge in [0.1, 0.15) is 17.3 Å². The van der Waals surface area contributed by atoms with Gasteiger partial charge >= 0.3 is 6.01 Å². The zero-order valence-electron chi connectivity index (χ0n) is 12.8. The minimum Gasteiger partial charge on any atom is -0.494 e. The predicted octanol–water partition coefficient (Wildman–Crippen LogP) is 2.82. The monoisotopic (exact) mass is 353 g/mol. The minimum atomic E-state index is -2.87. The highest BCUT2D eigenvalue weighted by Gasteiger charge is 2.26. The summed E-state index contributed by atoms with van der Waals surface area (Å²) in [4.78, 5) is 7.90. The molecule has 10 heteroatoms. The Morgan fingerprint density at radius 3 is 2.62 bits per heavy atom. The number of thiophene rings is 1. The average molecular weight is 353 g/mol. The van der Waals surface area contributed by atoms with Gasteiger partial charge in [0.15, 0.2) is 5.75 Å². The van der Waals surface area contributed by atoms with Crippen molar-refractivity contribution >= 4 is 11.3 Å². The molecule has 0 radical (unpaired) electrons. The summed E-state index contributed by atoms with van der Waals surface area (Å²) in [6.07, 6.45) is 4.57. The fourth-order valence-electron chi connectivity index (χ4n) is 1.78. The van der Waals surface area contributed by atoms with Crippen molar-refractivity contribution in [2.45, 2.75) is 19.5 Å². The molecule has 0 aliphatic rings. The lowest BCUT2D eigenvalue weighted by Gasteiger charge is -2.05. The normalized spacial score (nSPS) is 11.5. The van der Waals surface area contributed by atoms with Crippen LogP contribution in [0.4, 0.5) is 8.78 Å². The third kappa shape index (κ3) is 3.65. The molecule has 3 rings (SSSR count). The van der Waals surface area contributed by atoms with Gasteiger partial charge in [0.25, 0.3) is 5.92 Å². The molecule has 126 valence electrons. The Morgan fingerprint density at radius 2 is 2.00 bits per heavy atom. The smallest absolute Gasteiger partial charge is 0.316 e. The van der Waals surface area contributed by atoms with Crippen LogP contribution in [0.25, 0.3) is 5.00 Å². The van der Waals surface area contributed by atoms with Gasteiger partial charge < -0.3 is 9.47 Å². The number of aromatic nitrogens is 5. The van der Waals surface area contributed by atoms with E-state index in [-0.39, 0.29) is 17.5 Å². The van der Waals surface area contributed by atoms with Crippen LogP contribution in [0.5, 0.6) is 11.8 Å². The van der Waals surface area contributed by atoms with Crippen LogP contribution in [0.1, 0.15) is 17.5 Å². The number of nitrogens with zero attached hydrogens (tertiary/aromatic N) is 5. The van der Waals surface area contributed by atoms with Crippen LogP contribution in [0, 0.1) is 0 Å². The molecular formula is C14H13F2N5O2S. The van der Waals surface area contributed by atoms with E-state index in [0.29, 0.717) is 16.4 Å². The van der Waals surface area contributed by atoms with E-state index < -0.39 is 5.92 Å². The van der Waals surface area contributed by atoms with Crippen molar-refractivity contribution in [3.63, 3.8) is 0 Å². The highest BCUT2D eigenvalue weighted by atomic mass is 32.1. The molecule has 0 unspecified atom stereocenters. The van der Waals surface area contributed by atoms with Crippen molar-refractivity contribution in [3.8, 4) is 16.8 Å². The number of methoxy groups -OCH3 is 1. The second-order valence-electron chi connectivity index (χ2n) is 4.87. The van der Waals surface area contributed by atoms with Crippen LogP contribution in [-0.2, 0) is 12.5 Å². The molecule has 0 bridgehead atoms. The zero-order valence-corrected chi connectivity index (χ0v) is 13.6. The van der Waals surface area contributed by atoms with E-state index in [1.807, 2.05) is 0 Å². The summed E-state index contributed by atoms with van der Waals surface area (Å²) in [7, 11) is 1.52. The van der Waals surface area contributed by atoms with Gasteiger partial charge in [-0.05, 0) is 12.1 Å². The Bertz CT molecular complexity index is 813. The number of hydrogen-bond acceptors (Lipinski definition) is 7. The third-order valence-electron chi connectivity index (χ3n) is 2.98. The predicted molar refractivity (Wildman–Crippen MR) is 81.7 cm³/mol. The topological polar surface area (TPSA) is 75.0 Å². The van der Waals surface area contributed by atoms with Gasteiger partial charge in [0, 0.05) is 6.92 Å². The van der Waals surface area contributed by atoms with E-state index in [1.165, 1.54) is 30.3 Å². The molecule has 0 spiro atoms. The van der Waals surface area contributed by atoms with Gasteiger partial charge in [-0.2, -0.15) is 9.97 Å². The first kappa shape index (κ1) is 16.2. The van der Waals surface area contributed by atoms with Gasteiger partial charge in [0.05, 0.1) is 30.6 Å². The lowest BCUT2D eigenvalue weighted by atomic mass is 10.3. The molecule has 0 saturated heterocycles. The van der Waals surface area contributed by atoms with E-state index in [1.54, 1.807) is 12.3 Å². The highest BCUT2D eigenvalue weighted by molar-refractivity contribution is 7.14. The third-order valence-corrected chi connectivity index (χ3v) is 4.23. The molecule has 0 fully saturated rings. The maximum absolute atomic E-state index is 13.3. The first-order valence-electron chi connectivity index (χ1n) is 6.84. The summed E-state index contributed by atoms with van der Waals surface area (Å²) in [5.74, 6) is -2.35. The maximum Gasteiger partial charge on any atom is 0.316 e. The van der Waals surface area contributed by atoms with Crippen molar-refractivity contribution in [2.24, 2.45) is 0 Å². The quantitative estimate of drug-likeness (QED) is 0.678. The van der Waals surface area contributed by atoms with Crippen LogP contribution >= 0.6 is 11.3 Å². The molecule has 3 aromatic heterocycles. The van der Waals surface area contributed by atoms with Gasteiger partial charge in [-0.25, -0.2) is 13.5 Å². The molecule has 0 amide bonds. The van der Waals surface area contributed by atoms with E-state index in [0.717, 1.165) is 18.3 Å². The summed E-state index contributed by atoms with van der Waals surface area (Å²) < 4.78 is 38.3. The van der Waals surface area contributed by atoms with Gasteiger partial charge in [0.2, 0.25) is 0 Å². The second-order valence-corrected chi connectivity index (χ2v) is 5.94. The standard InChI is InChI=1S/C14H13F2N5O2S/c1-14(15,16)11-3-4-12(24-11)21-7-9(19-20-21)8-23-13-17-5-10(22-2)6-18-13/h3-7H,8H2,1-2H3. The largest absolute Gasteiger partial charge is 0.494 e. The molecule has 3 aromatic rings. The van der Waals surface area contributed by atoms with Crippen molar-refractivity contribution < 1.29 is 18.3 Å². The fraction of sp³-hybridized carbons (Fsp3) is 0.286. The van der Waals surface area contributed by atoms with Gasteiger partial charge in [-0.1, -0.05) is 5.21 Å². The summed E-state index contributed by atoms with van der Waals surface area (Å²) in [6, 6.07) is 3.13. The minimum absolute atomic E-state index is 0.0302. The van der Waals surface area contributed by atoms with E-state index >= 15 is 0 Å². The van der Waals surface area contributed by atoms with Crippen LogP contribution in [-0.4, -0.2) is 32.1 Å². The van der Waals surface area contributed by atoms with Crippen molar-refractivity contribution in [1.82, 2.24) is 25.0 Å². The van der Waals surface area contributed by atoms with Crippen LogP contribution < -0.4 is 9.47 Å². The first-order valence-corrected chi connectivity index (χ1v) is 7.66. The van der Waals surface area contributed by atoms with Crippen LogP contribution in [0.2, 0.25) is 0 Å². The number of halogens is 2. The van der Waals surface area contributed by atoms with Gasteiger partial charge in [-0.3, -0.25) is 0 Å². The average Bonchev–Trinajstić information content (AvgIpc) is 3.22. The summed E-state index contributed by atoms with van der Waals surface area (Å²) >= 11 is 0.956.